The van der Waals surface area contributed by atoms with Crippen molar-refractivity contribution in [3.63, 3.8) is 0 Å². The minimum absolute atomic E-state index is 0.00211. The van der Waals surface area contributed by atoms with Crippen molar-refractivity contribution in [1.29, 1.82) is 31.6 Å². The third kappa shape index (κ3) is 10.5. The van der Waals surface area contributed by atoms with Crippen LogP contribution in [0.25, 0.3) is 0 Å². The Balaban J connectivity index is 2.00. The average molecular weight is 623 g/mol. The fraction of sp³-hybridized carbons (Fsp3) is 0.588. The fourth-order valence-corrected chi connectivity index (χ4v) is 5.87. The van der Waals surface area contributed by atoms with E-state index in [2.05, 4.69) is 43.2 Å². The number of hydrogen-bond acceptors (Lipinski definition) is 12. The second kappa shape index (κ2) is 20.4. The molecule has 2 unspecified atom stereocenters. The van der Waals surface area contributed by atoms with Crippen LogP contribution in [0, 0.1) is 68.0 Å². The van der Waals surface area contributed by atoms with Gasteiger partial charge in [-0.2, -0.15) is 31.6 Å². The highest BCUT2D eigenvalue weighted by atomic mass is 15.2. The highest BCUT2D eigenvalue weighted by Gasteiger charge is 2.31. The van der Waals surface area contributed by atoms with E-state index in [9.17, 15) is 31.6 Å². The normalized spacial score (nSPS) is 17.8. The van der Waals surface area contributed by atoms with Crippen LogP contribution < -0.4 is 21.3 Å². The Hall–Kier alpha value is -4.66. The fourth-order valence-electron chi connectivity index (χ4n) is 5.87. The van der Waals surface area contributed by atoms with Crippen molar-refractivity contribution in [3.8, 4) is 36.4 Å². The van der Waals surface area contributed by atoms with Crippen LogP contribution in [0.3, 0.4) is 0 Å². The molecule has 12 nitrogen and oxygen atoms in total. The largest absolute Gasteiger partial charge is 0.387 e. The molecule has 242 valence electrons. The number of unbranched alkanes of at least 4 members (excludes halogenated alkanes) is 3. The first-order valence-electron chi connectivity index (χ1n) is 15.8. The molecule has 0 aromatic carbocycles. The van der Waals surface area contributed by atoms with E-state index >= 15 is 0 Å². The van der Waals surface area contributed by atoms with E-state index in [1.165, 1.54) is 0 Å². The molecular weight excluding hydrogens is 576 g/mol. The van der Waals surface area contributed by atoms with Crippen LogP contribution in [0.4, 0.5) is 0 Å². The molecule has 2 aliphatic rings. The van der Waals surface area contributed by atoms with E-state index in [1.807, 2.05) is 52.5 Å². The zero-order valence-electron chi connectivity index (χ0n) is 27.6. The second-order valence-electron chi connectivity index (χ2n) is 11.6. The summed E-state index contributed by atoms with van der Waals surface area (Å²) in [6.07, 6.45) is 5.96. The number of nitrogens with one attached hydrogen (secondary N) is 4. The summed E-state index contributed by atoms with van der Waals surface area (Å²) in [6, 6.07) is 12.6. The minimum atomic E-state index is -0.00211. The molecule has 0 saturated heterocycles. The standard InChI is InChI=1S/C34H46N12/c1-41-11-13-45(3)27-15-29(25(19-35)20-36)31(23-39)33(17-27)43-9-7-5-6-8-10-44-34-18-28(46(4)14-12-42-2)16-30(32(34)24-40)26(21-37)22-38/h27-28,41-44H,5-18H2,1-4H3. The molecule has 12 heteroatoms. The molecule has 0 saturated carbocycles. The van der Waals surface area contributed by atoms with Gasteiger partial charge in [-0.25, -0.2) is 0 Å². The summed E-state index contributed by atoms with van der Waals surface area (Å²) in [5.41, 5.74) is 3.43. The number of likely N-dealkylation sites (N-methyl/N-ethyl adjacent to an activating group) is 4. The van der Waals surface area contributed by atoms with E-state index in [-0.39, 0.29) is 23.2 Å². The van der Waals surface area contributed by atoms with Gasteiger partial charge in [0.1, 0.15) is 47.6 Å². The predicted octanol–water partition coefficient (Wildman–Crippen LogP) is 2.60. The molecule has 0 spiro atoms. The maximum absolute atomic E-state index is 9.95. The predicted molar refractivity (Wildman–Crippen MR) is 175 cm³/mol. The summed E-state index contributed by atoms with van der Waals surface area (Å²) >= 11 is 0. The quantitative estimate of drug-likeness (QED) is 0.137. The summed E-state index contributed by atoms with van der Waals surface area (Å²) in [7, 11) is 7.84. The van der Waals surface area contributed by atoms with Crippen molar-refractivity contribution in [2.24, 2.45) is 0 Å². The highest BCUT2D eigenvalue weighted by molar-refractivity contribution is 5.58. The highest BCUT2D eigenvalue weighted by Crippen LogP contribution is 2.34. The van der Waals surface area contributed by atoms with Gasteiger partial charge in [0, 0.05) is 86.7 Å². The van der Waals surface area contributed by atoms with Crippen LogP contribution in [-0.2, 0) is 0 Å². The smallest absolute Gasteiger partial charge is 0.134 e. The van der Waals surface area contributed by atoms with Gasteiger partial charge in [0.05, 0.1) is 11.1 Å². The van der Waals surface area contributed by atoms with Crippen molar-refractivity contribution in [3.05, 3.63) is 44.8 Å². The number of nitrogens with zero attached hydrogens (tertiary/aromatic N) is 8. The van der Waals surface area contributed by atoms with Gasteiger partial charge in [-0.1, -0.05) is 12.8 Å². The molecular formula is C34H46N12. The maximum Gasteiger partial charge on any atom is 0.134 e. The zero-order valence-corrected chi connectivity index (χ0v) is 27.6. The lowest BCUT2D eigenvalue weighted by Crippen LogP contribution is -2.40. The average Bonchev–Trinajstić information content (AvgIpc) is 3.07. The van der Waals surface area contributed by atoms with E-state index in [0.29, 0.717) is 61.1 Å². The van der Waals surface area contributed by atoms with Crippen LogP contribution >= 0.6 is 0 Å². The first kappa shape index (κ1) is 37.5. The van der Waals surface area contributed by atoms with Gasteiger partial charge in [0.15, 0.2) is 0 Å². The molecule has 4 N–H and O–H groups in total. The van der Waals surface area contributed by atoms with Gasteiger partial charge in [0.2, 0.25) is 0 Å². The Morgan fingerprint density at radius 1 is 0.587 bits per heavy atom. The molecule has 0 fully saturated rings. The van der Waals surface area contributed by atoms with E-state index in [1.54, 1.807) is 0 Å². The van der Waals surface area contributed by atoms with Gasteiger partial charge in [-0.15, -0.1) is 0 Å². The van der Waals surface area contributed by atoms with E-state index in [0.717, 1.165) is 63.3 Å². The molecule has 0 bridgehead atoms. The third-order valence-electron chi connectivity index (χ3n) is 8.70. The van der Waals surface area contributed by atoms with Crippen molar-refractivity contribution in [1.82, 2.24) is 31.1 Å². The molecule has 0 amide bonds. The van der Waals surface area contributed by atoms with Crippen LogP contribution in [0.1, 0.15) is 51.4 Å². The molecule has 2 atom stereocenters. The Labute approximate surface area is 274 Å². The van der Waals surface area contributed by atoms with Crippen LogP contribution in [0.15, 0.2) is 44.8 Å². The Morgan fingerprint density at radius 3 is 1.26 bits per heavy atom. The Kier molecular flexibility index (Phi) is 16.6. The van der Waals surface area contributed by atoms with Crippen molar-refractivity contribution < 1.29 is 0 Å². The lowest BCUT2D eigenvalue weighted by molar-refractivity contribution is 0.233. The van der Waals surface area contributed by atoms with Gasteiger partial charge in [-0.05, 0) is 53.9 Å². The topological polar surface area (TPSA) is 197 Å². The minimum Gasteiger partial charge on any atom is -0.387 e. The Morgan fingerprint density at radius 2 is 0.957 bits per heavy atom. The van der Waals surface area contributed by atoms with Crippen LogP contribution in [0.2, 0.25) is 0 Å². The summed E-state index contributed by atoms with van der Waals surface area (Å²) in [4.78, 5) is 4.40. The van der Waals surface area contributed by atoms with Crippen molar-refractivity contribution >= 4 is 0 Å². The summed E-state index contributed by atoms with van der Waals surface area (Å²) in [6.45, 7) is 4.58. The van der Waals surface area contributed by atoms with Gasteiger partial charge in [-0.3, -0.25) is 0 Å². The number of hydrogen-bond donors (Lipinski definition) is 4. The third-order valence-corrected chi connectivity index (χ3v) is 8.70. The first-order valence-corrected chi connectivity index (χ1v) is 15.8. The van der Waals surface area contributed by atoms with Crippen LogP contribution in [-0.4, -0.2) is 89.3 Å². The molecule has 46 heavy (non-hydrogen) atoms. The van der Waals surface area contributed by atoms with Gasteiger partial charge >= 0.3 is 0 Å². The lowest BCUT2D eigenvalue weighted by atomic mass is 9.84. The first-order chi connectivity index (χ1) is 22.3. The molecule has 0 aromatic rings. The zero-order chi connectivity index (χ0) is 33.9. The van der Waals surface area contributed by atoms with Crippen molar-refractivity contribution in [2.75, 3.05) is 67.5 Å². The van der Waals surface area contributed by atoms with Crippen molar-refractivity contribution in [2.45, 2.75) is 63.5 Å². The molecule has 0 aromatic heterocycles. The van der Waals surface area contributed by atoms with Crippen LogP contribution in [0.5, 0.6) is 0 Å². The van der Waals surface area contributed by atoms with E-state index in [4.69, 9.17) is 0 Å². The van der Waals surface area contributed by atoms with Gasteiger partial charge < -0.3 is 31.1 Å². The Bertz CT molecular complexity index is 1300. The SMILES string of the molecule is CNCCN(C)C1CC(NCCCCCCNC2=C(C#N)C(=C(C#N)C#N)CC(N(C)CCNC)C2)=C(C#N)C(=C(C#N)C#N)C1. The molecule has 0 heterocycles. The number of allylic oxidation sites excluding steroid dienone is 4. The van der Waals surface area contributed by atoms with E-state index < -0.39 is 0 Å². The molecule has 2 rings (SSSR count). The molecule has 0 radical (unpaired) electrons. The number of rotatable bonds is 17. The molecule has 2 aliphatic carbocycles. The lowest BCUT2D eigenvalue weighted by Gasteiger charge is -2.34. The monoisotopic (exact) mass is 622 g/mol. The maximum atomic E-state index is 9.95. The second-order valence-corrected chi connectivity index (χ2v) is 11.6. The summed E-state index contributed by atoms with van der Waals surface area (Å²) in [5.74, 6) is 0. The molecule has 0 aliphatic heterocycles. The summed E-state index contributed by atoms with van der Waals surface area (Å²) < 4.78 is 0. The van der Waals surface area contributed by atoms with Gasteiger partial charge in [0.25, 0.3) is 0 Å². The number of nitriles is 6. The summed E-state index contributed by atoms with van der Waals surface area (Å²) in [5, 5.41) is 71.2.